The SMILES string of the molecule is Cc1c(-c2cnc(-c3ccc4c(c3)C(C)(C)c3cc(C5CC=C(c6cc7ccc8ccccc8c7oc6=O)N5C)ccc3-4)cn2)c(=O)oc2ccc3ccccc3c12. The maximum absolute atomic E-state index is 13.5. The first-order valence-corrected chi connectivity index (χ1v) is 19.6. The van der Waals surface area contributed by atoms with Gasteiger partial charge in [-0.15, -0.1) is 0 Å². The number of benzene rings is 6. The van der Waals surface area contributed by atoms with Gasteiger partial charge >= 0.3 is 11.3 Å². The highest BCUT2D eigenvalue weighted by Gasteiger charge is 2.37. The van der Waals surface area contributed by atoms with Crippen molar-refractivity contribution in [1.82, 2.24) is 14.9 Å². The summed E-state index contributed by atoms with van der Waals surface area (Å²) in [4.78, 5) is 38.6. The molecule has 11 rings (SSSR count). The Hall–Kier alpha value is -7.12. The summed E-state index contributed by atoms with van der Waals surface area (Å²) in [6.45, 7) is 6.50. The lowest BCUT2D eigenvalue weighted by atomic mass is 9.81. The van der Waals surface area contributed by atoms with Gasteiger partial charge in [0.1, 0.15) is 11.2 Å². The van der Waals surface area contributed by atoms with Crippen LogP contribution in [-0.4, -0.2) is 21.9 Å². The highest BCUT2D eigenvalue weighted by Crippen LogP contribution is 2.51. The number of rotatable bonds is 4. The van der Waals surface area contributed by atoms with Crippen molar-refractivity contribution < 1.29 is 8.83 Å². The lowest BCUT2D eigenvalue weighted by Crippen LogP contribution is -2.22. The van der Waals surface area contributed by atoms with Gasteiger partial charge < -0.3 is 13.7 Å². The van der Waals surface area contributed by atoms with E-state index in [2.05, 4.69) is 80.4 Å². The van der Waals surface area contributed by atoms with Gasteiger partial charge in [0.05, 0.1) is 41.0 Å². The van der Waals surface area contributed by atoms with Crippen LogP contribution >= 0.6 is 0 Å². The zero-order chi connectivity index (χ0) is 39.4. The third kappa shape index (κ3) is 4.99. The average Bonchev–Trinajstić information content (AvgIpc) is 3.73. The van der Waals surface area contributed by atoms with Crippen molar-refractivity contribution in [1.29, 1.82) is 0 Å². The van der Waals surface area contributed by atoms with Crippen molar-refractivity contribution in [3.63, 3.8) is 0 Å². The minimum absolute atomic E-state index is 0.0725. The van der Waals surface area contributed by atoms with Gasteiger partial charge in [-0.1, -0.05) is 117 Å². The van der Waals surface area contributed by atoms with Crippen molar-refractivity contribution in [3.05, 3.63) is 182 Å². The molecule has 0 fully saturated rings. The van der Waals surface area contributed by atoms with Crippen LogP contribution < -0.4 is 11.3 Å². The van der Waals surface area contributed by atoms with Gasteiger partial charge in [0.2, 0.25) is 0 Å². The monoisotopic (exact) mass is 755 g/mol. The minimum Gasteiger partial charge on any atom is -0.422 e. The Labute approximate surface area is 333 Å². The van der Waals surface area contributed by atoms with Crippen LogP contribution in [0.5, 0.6) is 0 Å². The molecule has 4 heterocycles. The molecule has 9 aromatic rings. The number of hydrogen-bond donors (Lipinski definition) is 0. The second-order valence-corrected chi connectivity index (χ2v) is 16.1. The van der Waals surface area contributed by atoms with Crippen molar-refractivity contribution >= 4 is 49.2 Å². The molecule has 0 N–H and O–H groups in total. The lowest BCUT2D eigenvalue weighted by molar-refractivity contribution is 0.382. The molecular formula is C51H37N3O4. The third-order valence-corrected chi connectivity index (χ3v) is 12.6. The molecule has 6 aromatic carbocycles. The van der Waals surface area contributed by atoms with Gasteiger partial charge in [-0.25, -0.2) is 9.59 Å². The summed E-state index contributed by atoms with van der Waals surface area (Å²) < 4.78 is 11.8. The Balaban J connectivity index is 0.885. The second kappa shape index (κ2) is 12.4. The predicted octanol–water partition coefficient (Wildman–Crippen LogP) is 11.4. The summed E-state index contributed by atoms with van der Waals surface area (Å²) in [5.41, 5.74) is 11.2. The summed E-state index contributed by atoms with van der Waals surface area (Å²) in [6.07, 6.45) is 6.36. The third-order valence-electron chi connectivity index (χ3n) is 12.6. The van der Waals surface area contributed by atoms with E-state index in [1.807, 2.05) is 73.7 Å². The molecule has 1 unspecified atom stereocenters. The zero-order valence-corrected chi connectivity index (χ0v) is 32.5. The summed E-state index contributed by atoms with van der Waals surface area (Å²) in [6, 6.07) is 39.4. The molecule has 0 saturated carbocycles. The Bertz CT molecular complexity index is 3370. The topological polar surface area (TPSA) is 89.4 Å². The maximum atomic E-state index is 13.5. The highest BCUT2D eigenvalue weighted by molar-refractivity contribution is 6.08. The summed E-state index contributed by atoms with van der Waals surface area (Å²) in [5.74, 6) is 0. The molecule has 7 heteroatoms. The van der Waals surface area contributed by atoms with Crippen LogP contribution in [0.15, 0.2) is 152 Å². The standard InChI is InChI=1S/C51H37N3O4/c1-28-46-34-11-7-5-9-29(34)17-22-45(46)57-50(56)47(28)42-27-52-41(26-53-42)31-15-18-36-37-19-16-32(25-40(37)51(2,3)39(36)24-31)43-20-21-44(54(43)4)38-23-33-14-13-30-10-6-8-12-35(30)48(33)58-49(38)55/h5-19,21-27,43H,20H2,1-4H3. The molecular weight excluding hydrogens is 719 g/mol. The first kappa shape index (κ1) is 34.2. The molecule has 2 aliphatic rings. The number of hydrogen-bond acceptors (Lipinski definition) is 7. The zero-order valence-electron chi connectivity index (χ0n) is 32.5. The van der Waals surface area contributed by atoms with Gasteiger partial charge in [-0.2, -0.15) is 0 Å². The lowest BCUT2D eigenvalue weighted by Gasteiger charge is -2.28. The fourth-order valence-electron chi connectivity index (χ4n) is 9.56. The molecule has 0 bridgehead atoms. The Morgan fingerprint density at radius 2 is 1.34 bits per heavy atom. The van der Waals surface area contributed by atoms with Crippen LogP contribution in [0.1, 0.15) is 54.1 Å². The molecule has 7 nitrogen and oxygen atoms in total. The fourth-order valence-corrected chi connectivity index (χ4v) is 9.56. The van der Waals surface area contributed by atoms with Gasteiger partial charge in [0, 0.05) is 39.9 Å². The quantitative estimate of drug-likeness (QED) is 0.130. The number of fused-ring (bicyclic) bond motifs is 9. The minimum atomic E-state index is -0.428. The molecule has 1 atom stereocenters. The van der Waals surface area contributed by atoms with Gasteiger partial charge in [0.15, 0.2) is 0 Å². The van der Waals surface area contributed by atoms with Crippen LogP contribution in [0.25, 0.3) is 82.8 Å². The fraction of sp³-hybridized carbons (Fsp3) is 0.137. The van der Waals surface area contributed by atoms with Gasteiger partial charge in [0.25, 0.3) is 0 Å². The molecule has 0 radical (unpaired) electrons. The smallest absolute Gasteiger partial charge is 0.346 e. The molecule has 1 aliphatic carbocycles. The van der Waals surface area contributed by atoms with Gasteiger partial charge in [-0.3, -0.25) is 9.97 Å². The summed E-state index contributed by atoms with van der Waals surface area (Å²) in [7, 11) is 2.06. The number of aryl methyl sites for hydroxylation is 1. The van der Waals surface area contributed by atoms with Crippen molar-refractivity contribution in [2.75, 3.05) is 7.05 Å². The molecule has 0 amide bonds. The normalized spacial score (nSPS) is 15.7. The first-order chi connectivity index (χ1) is 28.2. The first-order valence-electron chi connectivity index (χ1n) is 19.6. The predicted molar refractivity (Wildman–Crippen MR) is 232 cm³/mol. The Kier molecular flexibility index (Phi) is 7.33. The van der Waals surface area contributed by atoms with Crippen LogP contribution in [0.4, 0.5) is 0 Å². The molecule has 0 saturated heterocycles. The Morgan fingerprint density at radius 1 is 0.672 bits per heavy atom. The highest BCUT2D eigenvalue weighted by atomic mass is 16.4. The molecule has 58 heavy (non-hydrogen) atoms. The number of aromatic nitrogens is 2. The number of nitrogens with zero attached hydrogens (tertiary/aromatic N) is 3. The van der Waals surface area contributed by atoms with E-state index in [-0.39, 0.29) is 17.1 Å². The molecule has 1 aliphatic heterocycles. The molecule has 0 spiro atoms. The van der Waals surface area contributed by atoms with Crippen LogP contribution in [0.3, 0.4) is 0 Å². The largest absolute Gasteiger partial charge is 0.422 e. The van der Waals surface area contributed by atoms with E-state index >= 15 is 0 Å². The van der Waals surface area contributed by atoms with E-state index < -0.39 is 5.63 Å². The van der Waals surface area contributed by atoms with Gasteiger partial charge in [-0.05, 0) is 81.1 Å². The van der Waals surface area contributed by atoms with E-state index in [1.54, 1.807) is 12.4 Å². The summed E-state index contributed by atoms with van der Waals surface area (Å²) in [5, 5.41) is 5.90. The van der Waals surface area contributed by atoms with Crippen LogP contribution in [-0.2, 0) is 5.41 Å². The van der Waals surface area contributed by atoms with Crippen LogP contribution in [0.2, 0.25) is 0 Å². The van der Waals surface area contributed by atoms with E-state index in [4.69, 9.17) is 18.8 Å². The van der Waals surface area contributed by atoms with Crippen LogP contribution in [0, 0.1) is 6.92 Å². The molecule has 280 valence electrons. The van der Waals surface area contributed by atoms with E-state index in [1.165, 1.54) is 27.8 Å². The van der Waals surface area contributed by atoms with Crippen molar-refractivity contribution in [3.8, 4) is 33.6 Å². The van der Waals surface area contributed by atoms with E-state index in [9.17, 15) is 9.59 Å². The summed E-state index contributed by atoms with van der Waals surface area (Å²) >= 11 is 0. The van der Waals surface area contributed by atoms with E-state index in [0.717, 1.165) is 61.3 Å². The van der Waals surface area contributed by atoms with Crippen molar-refractivity contribution in [2.24, 2.45) is 0 Å². The van der Waals surface area contributed by atoms with E-state index in [0.29, 0.717) is 28.0 Å². The second-order valence-electron chi connectivity index (χ2n) is 16.1. The van der Waals surface area contributed by atoms with Crippen molar-refractivity contribution in [2.45, 2.75) is 38.6 Å². The maximum Gasteiger partial charge on any atom is 0.346 e. The Morgan fingerprint density at radius 3 is 2.14 bits per heavy atom. The molecule has 3 aromatic heterocycles. The average molecular weight is 756 g/mol.